The molecule has 0 amide bonds. The standard InChI is InChI=1S/C22H40O2Si/c1-5-7-9-19(21-13-11-17(21)15-21)25(23-3,24-4)20(10-8-6-2)22-14-12-18(22)16-22/h17-20H,5-16H2,1-4H3. The van der Waals surface area contributed by atoms with Crippen molar-refractivity contribution in [1.82, 2.24) is 0 Å². The van der Waals surface area contributed by atoms with Crippen LogP contribution in [-0.4, -0.2) is 22.8 Å². The molecule has 144 valence electrons. The molecule has 2 nitrogen and oxygen atoms in total. The first-order valence-electron chi connectivity index (χ1n) is 11.2. The van der Waals surface area contributed by atoms with E-state index in [0.717, 1.165) is 22.9 Å². The summed E-state index contributed by atoms with van der Waals surface area (Å²) in [5, 5.41) is 0. The summed E-state index contributed by atoms with van der Waals surface area (Å²) in [5.41, 5.74) is 2.80. The van der Waals surface area contributed by atoms with Gasteiger partial charge in [-0.1, -0.05) is 39.5 Å². The molecule has 0 N–H and O–H groups in total. The molecule has 0 aromatic carbocycles. The van der Waals surface area contributed by atoms with Gasteiger partial charge in [-0.05, 0) is 74.0 Å². The van der Waals surface area contributed by atoms with Crippen LogP contribution in [-0.2, 0) is 8.85 Å². The molecule has 4 fully saturated rings. The first-order valence-corrected chi connectivity index (χ1v) is 13.2. The third kappa shape index (κ3) is 2.55. The Balaban J connectivity index is 1.65. The minimum absolute atomic E-state index is 0.642. The van der Waals surface area contributed by atoms with Gasteiger partial charge in [0, 0.05) is 25.3 Å². The van der Waals surface area contributed by atoms with E-state index in [-0.39, 0.29) is 0 Å². The normalized spacial score (nSPS) is 40.3. The van der Waals surface area contributed by atoms with E-state index in [0.29, 0.717) is 10.8 Å². The van der Waals surface area contributed by atoms with Crippen LogP contribution in [0.5, 0.6) is 0 Å². The van der Waals surface area contributed by atoms with Crippen LogP contribution in [0.4, 0.5) is 0 Å². The van der Waals surface area contributed by atoms with E-state index in [4.69, 9.17) is 8.85 Å². The van der Waals surface area contributed by atoms with Crippen LogP contribution in [0.15, 0.2) is 0 Å². The van der Waals surface area contributed by atoms with Crippen LogP contribution < -0.4 is 0 Å². The first-order chi connectivity index (χ1) is 12.1. The Morgan fingerprint density at radius 3 is 1.48 bits per heavy atom. The Kier molecular flexibility index (Phi) is 4.91. The second-order valence-electron chi connectivity index (χ2n) is 9.87. The largest absolute Gasteiger partial charge is 0.397 e. The average Bonchev–Trinajstić information content (AvgIpc) is 3.36. The van der Waals surface area contributed by atoms with Gasteiger partial charge in [0.25, 0.3) is 0 Å². The summed E-state index contributed by atoms with van der Waals surface area (Å²) in [6.07, 6.45) is 16.9. The lowest BCUT2D eigenvalue weighted by Crippen LogP contribution is -2.57. The zero-order chi connectivity index (χ0) is 17.7. The summed E-state index contributed by atoms with van der Waals surface area (Å²) >= 11 is 0. The summed E-state index contributed by atoms with van der Waals surface area (Å²) in [6.45, 7) is 4.69. The molecule has 0 spiro atoms. The Labute approximate surface area is 156 Å². The molecule has 0 aliphatic heterocycles. The molecule has 0 aromatic heterocycles. The second-order valence-corrected chi connectivity index (χ2v) is 13.5. The molecule has 0 aromatic rings. The van der Waals surface area contributed by atoms with Gasteiger partial charge in [0.05, 0.1) is 0 Å². The van der Waals surface area contributed by atoms with Gasteiger partial charge in [-0.3, -0.25) is 0 Å². The Bertz CT molecular complexity index is 442. The zero-order valence-electron chi connectivity index (χ0n) is 17.1. The van der Waals surface area contributed by atoms with E-state index in [1.165, 1.54) is 77.0 Å². The molecule has 4 aliphatic carbocycles. The lowest BCUT2D eigenvalue weighted by molar-refractivity contribution is 0.129. The van der Waals surface area contributed by atoms with E-state index in [9.17, 15) is 0 Å². The molecule has 4 rings (SSSR count). The van der Waals surface area contributed by atoms with Crippen LogP contribution in [0.2, 0.25) is 11.1 Å². The van der Waals surface area contributed by atoms with Crippen molar-refractivity contribution in [1.29, 1.82) is 0 Å². The maximum Gasteiger partial charge on any atom is 0.345 e. The molecular formula is C22H40O2Si. The maximum atomic E-state index is 6.62. The fraction of sp³-hybridized carbons (Fsp3) is 1.00. The quantitative estimate of drug-likeness (QED) is 0.371. The molecule has 3 heteroatoms. The lowest BCUT2D eigenvalue weighted by Gasteiger charge is -2.51. The van der Waals surface area contributed by atoms with Crippen molar-refractivity contribution in [3.05, 3.63) is 0 Å². The second kappa shape index (κ2) is 6.63. The van der Waals surface area contributed by atoms with Crippen LogP contribution in [0.25, 0.3) is 0 Å². The van der Waals surface area contributed by atoms with E-state index in [1.54, 1.807) is 0 Å². The Hall–Kier alpha value is 0.137. The van der Waals surface area contributed by atoms with Crippen LogP contribution in [0, 0.1) is 22.7 Å². The molecule has 0 heterocycles. The highest BCUT2D eigenvalue weighted by molar-refractivity contribution is 6.71. The van der Waals surface area contributed by atoms with Crippen molar-refractivity contribution < 1.29 is 8.85 Å². The van der Waals surface area contributed by atoms with Crippen molar-refractivity contribution in [3.63, 3.8) is 0 Å². The van der Waals surface area contributed by atoms with Gasteiger partial charge in [-0.2, -0.15) is 0 Å². The van der Waals surface area contributed by atoms with E-state index in [2.05, 4.69) is 13.8 Å². The van der Waals surface area contributed by atoms with E-state index >= 15 is 0 Å². The van der Waals surface area contributed by atoms with Crippen molar-refractivity contribution in [3.8, 4) is 0 Å². The van der Waals surface area contributed by atoms with Gasteiger partial charge in [-0.25, -0.2) is 0 Å². The van der Waals surface area contributed by atoms with Crippen molar-refractivity contribution in [2.75, 3.05) is 14.2 Å². The zero-order valence-corrected chi connectivity index (χ0v) is 18.1. The summed E-state index contributed by atoms with van der Waals surface area (Å²) in [6, 6.07) is 0. The monoisotopic (exact) mass is 364 g/mol. The topological polar surface area (TPSA) is 18.5 Å². The molecule has 0 bridgehead atoms. The van der Waals surface area contributed by atoms with Gasteiger partial charge in [0.2, 0.25) is 0 Å². The van der Waals surface area contributed by atoms with E-state index < -0.39 is 8.56 Å². The molecule has 6 unspecified atom stereocenters. The van der Waals surface area contributed by atoms with Gasteiger partial charge in [0.15, 0.2) is 0 Å². The number of fused-ring (bicyclic) bond motifs is 2. The highest BCUT2D eigenvalue weighted by atomic mass is 28.4. The SMILES string of the molecule is CCCCC(C12CCC1C2)[Si](OC)(OC)C(CCCC)C12CCC1C2. The fourth-order valence-electron chi connectivity index (χ4n) is 7.34. The maximum absolute atomic E-state index is 6.62. The number of hydrogen-bond donors (Lipinski definition) is 0. The molecule has 0 saturated heterocycles. The number of rotatable bonds is 12. The molecule has 4 aliphatic rings. The summed E-state index contributed by atoms with van der Waals surface area (Å²) in [5.74, 6) is 2.04. The molecule has 4 saturated carbocycles. The average molecular weight is 365 g/mol. The third-order valence-electron chi connectivity index (χ3n) is 9.17. The van der Waals surface area contributed by atoms with Crippen molar-refractivity contribution in [2.45, 2.75) is 102 Å². The predicted octanol–water partition coefficient (Wildman–Crippen LogP) is 6.44. The van der Waals surface area contributed by atoms with Crippen LogP contribution in [0.1, 0.15) is 90.9 Å². The molecule has 25 heavy (non-hydrogen) atoms. The van der Waals surface area contributed by atoms with Gasteiger partial charge in [-0.15, -0.1) is 0 Å². The third-order valence-corrected chi connectivity index (χ3v) is 14.1. The van der Waals surface area contributed by atoms with Crippen LogP contribution >= 0.6 is 0 Å². The van der Waals surface area contributed by atoms with E-state index in [1.807, 2.05) is 14.2 Å². The van der Waals surface area contributed by atoms with Crippen molar-refractivity contribution in [2.24, 2.45) is 22.7 Å². The highest BCUT2D eigenvalue weighted by Gasteiger charge is 2.76. The van der Waals surface area contributed by atoms with Crippen LogP contribution in [0.3, 0.4) is 0 Å². The highest BCUT2D eigenvalue weighted by Crippen LogP contribution is 2.81. The Morgan fingerprint density at radius 2 is 1.28 bits per heavy atom. The van der Waals surface area contributed by atoms with Gasteiger partial charge in [0.1, 0.15) is 0 Å². The molecule has 6 atom stereocenters. The molecular weight excluding hydrogens is 324 g/mol. The fourth-order valence-corrected chi connectivity index (χ4v) is 12.9. The summed E-state index contributed by atoms with van der Waals surface area (Å²) < 4.78 is 13.2. The molecule has 0 radical (unpaired) electrons. The minimum Gasteiger partial charge on any atom is -0.397 e. The number of hydrogen-bond acceptors (Lipinski definition) is 2. The smallest absolute Gasteiger partial charge is 0.345 e. The summed E-state index contributed by atoms with van der Waals surface area (Å²) in [7, 11) is 1.84. The first kappa shape index (κ1) is 18.5. The lowest BCUT2D eigenvalue weighted by atomic mass is 9.79. The van der Waals surface area contributed by atoms with Gasteiger partial charge < -0.3 is 8.85 Å². The Morgan fingerprint density at radius 1 is 0.840 bits per heavy atom. The summed E-state index contributed by atoms with van der Waals surface area (Å²) in [4.78, 5) is 0. The number of unbranched alkanes of at least 4 members (excludes halogenated alkanes) is 2. The van der Waals surface area contributed by atoms with Crippen molar-refractivity contribution >= 4 is 8.56 Å². The minimum atomic E-state index is -2.20. The predicted molar refractivity (Wildman–Crippen MR) is 106 cm³/mol. The van der Waals surface area contributed by atoms with Gasteiger partial charge >= 0.3 is 8.56 Å².